The first-order valence-electron chi connectivity index (χ1n) is 39.6. The van der Waals surface area contributed by atoms with Gasteiger partial charge in [0, 0.05) is 171 Å². The van der Waals surface area contributed by atoms with Crippen LogP contribution in [0.5, 0.6) is 11.5 Å². The van der Waals surface area contributed by atoms with Crippen LogP contribution < -0.4 is 40.9 Å². The number of aliphatic imine (C=N–C) groups is 2. The van der Waals surface area contributed by atoms with Crippen molar-refractivity contribution in [1.29, 1.82) is 0 Å². The molecule has 604 valence electrons. The summed E-state index contributed by atoms with van der Waals surface area (Å²) in [5.41, 5.74) is 18.1. The number of benzene rings is 4. The zero-order valence-corrected chi connectivity index (χ0v) is 65.2. The second-order valence-electron chi connectivity index (χ2n) is 30.5. The summed E-state index contributed by atoms with van der Waals surface area (Å²) >= 11 is 12.4. The molecule has 116 heavy (non-hydrogen) atoms. The van der Waals surface area contributed by atoms with E-state index in [1.807, 2.05) is 24.3 Å². The molecule has 0 spiro atoms. The number of hydroxylamine groups is 2. The molecule has 0 aromatic heterocycles. The first kappa shape index (κ1) is 79.6. The number of hydrogen-bond donors (Lipinski definition) is 8. The van der Waals surface area contributed by atoms with E-state index in [0.717, 1.165) is 197 Å². The maximum atomic E-state index is 14.8. The molecule has 6 amide bonds. The highest BCUT2D eigenvalue weighted by Gasteiger charge is 2.47. The summed E-state index contributed by atoms with van der Waals surface area (Å²) in [6.45, 7) is 7.20. The van der Waals surface area contributed by atoms with Crippen LogP contribution in [0.3, 0.4) is 0 Å². The smallest absolute Gasteiger partial charge is 0.271 e. The number of anilines is 4. The monoisotopic (exact) mass is 1620 g/mol. The van der Waals surface area contributed by atoms with E-state index in [1.54, 1.807) is 0 Å². The number of hydrogen-bond acceptors (Lipinski definition) is 22. The number of halogens is 2. The molecule has 2 saturated heterocycles. The highest BCUT2D eigenvalue weighted by Crippen LogP contribution is 2.53. The van der Waals surface area contributed by atoms with Crippen LogP contribution in [0.25, 0.3) is 11.1 Å². The molecule has 0 saturated carbocycles. The molecule has 16 rings (SSSR count). The maximum Gasteiger partial charge on any atom is 0.271 e. The van der Waals surface area contributed by atoms with Crippen LogP contribution in [0.1, 0.15) is 162 Å². The molecule has 4 aromatic carbocycles. The van der Waals surface area contributed by atoms with Crippen LogP contribution in [0.4, 0.5) is 34.1 Å². The molecule has 8 N–H and O–H groups in total. The fraction of sp³-hybridized carbons (Fsp3) is 0.405. The fourth-order valence-electron chi connectivity index (χ4n) is 18.1. The summed E-state index contributed by atoms with van der Waals surface area (Å²) < 4.78 is 11.5. The third kappa shape index (κ3) is 15.8. The molecular formula is C84H86Cl2N12O18. The second kappa shape index (κ2) is 34.1. The Kier molecular flexibility index (Phi) is 23.4. The van der Waals surface area contributed by atoms with Crippen molar-refractivity contribution < 1.29 is 78.3 Å². The van der Waals surface area contributed by atoms with Crippen molar-refractivity contribution in [1.82, 2.24) is 20.8 Å². The Labute approximate surface area is 675 Å². The van der Waals surface area contributed by atoms with Crippen LogP contribution in [-0.2, 0) is 64.0 Å². The van der Waals surface area contributed by atoms with Crippen molar-refractivity contribution >= 4 is 127 Å². The van der Waals surface area contributed by atoms with E-state index in [-0.39, 0.29) is 131 Å². The molecule has 4 aromatic rings. The number of aliphatic hydroxyl groups is 2. The van der Waals surface area contributed by atoms with Gasteiger partial charge in [0.2, 0.25) is 47.0 Å². The maximum absolute atomic E-state index is 14.8. The number of nitro benzene ring substituents is 2. The van der Waals surface area contributed by atoms with Crippen LogP contribution in [-0.4, -0.2) is 164 Å². The van der Waals surface area contributed by atoms with E-state index < -0.39 is 50.9 Å². The molecule has 0 unspecified atom stereocenters. The van der Waals surface area contributed by atoms with E-state index >= 15 is 0 Å². The zero-order valence-electron chi connectivity index (χ0n) is 63.7. The first-order valence-corrected chi connectivity index (χ1v) is 40.4. The van der Waals surface area contributed by atoms with Gasteiger partial charge in [-0.2, -0.15) is 0 Å². The van der Waals surface area contributed by atoms with Gasteiger partial charge >= 0.3 is 0 Å². The zero-order chi connectivity index (χ0) is 81.3. The number of non-ortho nitro benzene ring substituents is 2. The molecule has 4 aliphatic carbocycles. The minimum atomic E-state index is -0.716. The van der Waals surface area contributed by atoms with Gasteiger partial charge in [-0.3, -0.25) is 69.0 Å². The Morgan fingerprint density at radius 1 is 0.466 bits per heavy atom. The van der Waals surface area contributed by atoms with Gasteiger partial charge < -0.3 is 49.9 Å². The Bertz CT molecular complexity index is 5290. The number of aliphatic hydroxyl groups excluding tert-OH is 2. The molecule has 0 bridgehead atoms. The van der Waals surface area contributed by atoms with E-state index in [2.05, 4.69) is 40.2 Å². The summed E-state index contributed by atoms with van der Waals surface area (Å²) in [5.74, 6) is -4.00. The van der Waals surface area contributed by atoms with Gasteiger partial charge in [0.25, 0.3) is 11.4 Å². The van der Waals surface area contributed by atoms with Gasteiger partial charge in [0.15, 0.2) is 0 Å². The number of carbonyl (C=O) groups excluding carboxylic acids is 8. The summed E-state index contributed by atoms with van der Waals surface area (Å²) in [6, 6.07) is 11.6. The number of allylic oxidation sites excluding steroid dienone is 12. The molecule has 32 heteroatoms. The molecule has 8 heterocycles. The summed E-state index contributed by atoms with van der Waals surface area (Å²) in [5, 5.41) is 70.3. The molecular weight excluding hydrogens is 1540 g/mol. The standard InChI is InChI=1S/C48H46Cl2N6O10.C36H40N6O8/c49-35-25-29(55(61)62)13-15-37(35)65-21-5-11-39(57)51-43-31-9-3-19-53-17-1-7-27(45(31)53)23-33(43)41-47(59)42(48(41)60)34-24-28-8-2-18-54-20-4-10-32(46(28)54)44(34)52-40(58)12-6-22-66-38-16-14-30(56(63)64)26-36(38)50;43-25(9-11-27(45)39-49)37-31-21-7-3-15-41-13-1-5-19(33(21)41)17-23(31)29-35(47)30(36(29)48)24-18-20-6-2-14-42-16-4-8-22(34(20)42)32(24)38-26(44)10-12-28(46)40-50/h13-16,23-26,59H,1-12,17-22H2,(H,51,57);17-18,47,49-50H,1-16H2,(H,37,43)(H,39,45)(H,40,46). The lowest BCUT2D eigenvalue weighted by Gasteiger charge is -2.42. The number of aryl methyl sites for hydroxylation is 2. The van der Waals surface area contributed by atoms with Crippen LogP contribution in [0.2, 0.25) is 10.0 Å². The van der Waals surface area contributed by atoms with Crippen molar-refractivity contribution in [3.8, 4) is 11.5 Å². The fourth-order valence-corrected chi connectivity index (χ4v) is 18.6. The highest BCUT2D eigenvalue weighted by molar-refractivity contribution is 6.44. The van der Waals surface area contributed by atoms with Gasteiger partial charge in [-0.25, -0.2) is 20.9 Å². The second-order valence-corrected chi connectivity index (χ2v) is 31.4. The van der Waals surface area contributed by atoms with Gasteiger partial charge in [-0.1, -0.05) is 23.2 Å². The molecule has 8 aliphatic heterocycles. The summed E-state index contributed by atoms with van der Waals surface area (Å²) in [4.78, 5) is 146. The summed E-state index contributed by atoms with van der Waals surface area (Å²) in [6.07, 6.45) is 16.2. The van der Waals surface area contributed by atoms with Crippen molar-refractivity contribution in [2.75, 3.05) is 86.0 Å². The minimum Gasteiger partial charge on any atom is -0.506 e. The Balaban J connectivity index is 0.000000189. The highest BCUT2D eigenvalue weighted by atomic mass is 35.5. The van der Waals surface area contributed by atoms with E-state index in [1.165, 1.54) is 47.4 Å². The van der Waals surface area contributed by atoms with Crippen LogP contribution in [0, 0.1) is 20.2 Å². The number of ketones is 2. The molecule has 0 atom stereocenters. The van der Waals surface area contributed by atoms with Gasteiger partial charge in [-0.05, 0) is 185 Å². The molecule has 2 fully saturated rings. The lowest BCUT2D eigenvalue weighted by atomic mass is 9.73. The number of amides is 6. The normalized spacial score (nSPS) is 20.3. The lowest BCUT2D eigenvalue weighted by molar-refractivity contribution is -0.385. The third-order valence-electron chi connectivity index (χ3n) is 23.2. The largest absolute Gasteiger partial charge is 0.506 e. The van der Waals surface area contributed by atoms with Crippen LogP contribution >= 0.6 is 23.2 Å². The minimum absolute atomic E-state index is 0.00945. The Morgan fingerprint density at radius 3 is 1.27 bits per heavy atom. The average molecular weight is 1620 g/mol. The number of nitrogens with one attached hydrogen (secondary N) is 4. The number of nitrogens with zero attached hydrogens (tertiary/aromatic N) is 8. The van der Waals surface area contributed by atoms with Crippen molar-refractivity contribution in [2.24, 2.45) is 9.98 Å². The number of nitro groups is 2. The van der Waals surface area contributed by atoms with E-state index in [4.69, 9.17) is 43.1 Å². The lowest BCUT2D eigenvalue weighted by Crippen LogP contribution is -2.38. The van der Waals surface area contributed by atoms with E-state index in [0.29, 0.717) is 77.2 Å². The SMILES string of the molecule is O=C(CCC(=O)NO)N=C1C(=C2C(=O)C(c3cc4c5c(c3NC(=O)CCC(=O)NO)CCCN5CCC4)=C2O)C=C2CCCN3CCCC1=C23.O=C(CCCOc1ccc([N+](=O)[O-])cc1Cl)N=C1C(=C2C(=O)C(c3cc4c5c(c3NC(=O)CCCOc3ccc([N+](=O)[O-])cc3Cl)CCCN5CCC4)=C2O)C=C2CCCN3CCCC1=C23. The van der Waals surface area contributed by atoms with Gasteiger partial charge in [0.05, 0.1) is 78.2 Å². The predicted octanol–water partition coefficient (Wildman–Crippen LogP) is 12.5. The molecule has 30 nitrogen and oxygen atoms in total. The summed E-state index contributed by atoms with van der Waals surface area (Å²) in [7, 11) is 0. The Morgan fingerprint density at radius 2 is 0.845 bits per heavy atom. The topological polar surface area (TPSA) is 408 Å². The average Bonchev–Trinajstić information content (AvgIpc) is 0.716. The van der Waals surface area contributed by atoms with Crippen LogP contribution in [0.15, 0.2) is 138 Å². The van der Waals surface area contributed by atoms with Gasteiger partial charge in [-0.15, -0.1) is 0 Å². The molecule has 12 aliphatic rings. The number of ether oxygens (including phenoxy) is 2. The third-order valence-corrected chi connectivity index (χ3v) is 23.8. The van der Waals surface area contributed by atoms with Gasteiger partial charge in [0.1, 0.15) is 23.0 Å². The number of piperidine rings is 2. The van der Waals surface area contributed by atoms with Crippen molar-refractivity contribution in [2.45, 2.75) is 154 Å². The quantitative estimate of drug-likeness (QED) is 0.0119. The van der Waals surface area contributed by atoms with Crippen molar-refractivity contribution in [3.63, 3.8) is 0 Å². The number of rotatable bonds is 22. The van der Waals surface area contributed by atoms with E-state index in [9.17, 15) is 68.8 Å². The number of Topliss-reactive ketones (excluding diaryl/α,β-unsaturated/α-hetero) is 2. The first-order chi connectivity index (χ1) is 56.1. The van der Waals surface area contributed by atoms with Crippen molar-refractivity contribution in [3.05, 3.63) is 192 Å². The predicted molar refractivity (Wildman–Crippen MR) is 430 cm³/mol. The Hall–Kier alpha value is -11.6. The molecule has 0 radical (unpaired) electrons. The number of carbonyl (C=O) groups is 8.